The fourth-order valence-corrected chi connectivity index (χ4v) is 5.29. The van der Waals surface area contributed by atoms with Crippen LogP contribution in [0.25, 0.3) is 11.0 Å². The number of rotatable bonds is 5. The molecular formula is C23H17ClN4O5S. The van der Waals surface area contributed by atoms with Gasteiger partial charge in [0.1, 0.15) is 10.6 Å². The van der Waals surface area contributed by atoms with E-state index in [9.17, 15) is 19.7 Å². The molecule has 2 aromatic heterocycles. The second-order valence-corrected chi connectivity index (χ2v) is 9.80. The van der Waals surface area contributed by atoms with Crippen molar-refractivity contribution in [3.63, 3.8) is 0 Å². The molecule has 11 heteroatoms. The van der Waals surface area contributed by atoms with Crippen LogP contribution in [0.4, 0.5) is 10.8 Å². The fourth-order valence-electron chi connectivity index (χ4n) is 4.04. The summed E-state index contributed by atoms with van der Waals surface area (Å²) in [7, 11) is 0. The van der Waals surface area contributed by atoms with Crippen LogP contribution in [-0.4, -0.2) is 21.0 Å². The summed E-state index contributed by atoms with van der Waals surface area (Å²) in [5, 5.41) is 21.4. The summed E-state index contributed by atoms with van der Waals surface area (Å²) in [6.45, 7) is 4.09. The van der Waals surface area contributed by atoms with E-state index in [2.05, 4.69) is 10.2 Å². The van der Waals surface area contributed by atoms with Crippen LogP contribution in [-0.2, 0) is 6.42 Å². The molecule has 2 aromatic carbocycles. The number of hydrogen-bond acceptors (Lipinski definition) is 8. The smallest absolute Gasteiger partial charge is 0.297 e. The maximum Gasteiger partial charge on any atom is 0.297 e. The Morgan fingerprint density at radius 2 is 2.00 bits per heavy atom. The van der Waals surface area contributed by atoms with Gasteiger partial charge in [-0.1, -0.05) is 48.9 Å². The molecule has 0 radical (unpaired) electrons. The second kappa shape index (κ2) is 8.30. The lowest BCUT2D eigenvalue weighted by atomic mass is 9.98. The minimum Gasteiger partial charge on any atom is -0.450 e. The van der Waals surface area contributed by atoms with Gasteiger partial charge in [0.2, 0.25) is 10.9 Å². The van der Waals surface area contributed by atoms with Crippen LogP contribution in [0.2, 0.25) is 5.02 Å². The zero-order chi connectivity index (χ0) is 24.1. The molecule has 1 atom stereocenters. The van der Waals surface area contributed by atoms with Crippen LogP contribution < -0.4 is 10.3 Å². The zero-order valence-electron chi connectivity index (χ0n) is 18.0. The van der Waals surface area contributed by atoms with Crippen LogP contribution in [0.1, 0.15) is 46.6 Å². The predicted molar refractivity (Wildman–Crippen MR) is 128 cm³/mol. The van der Waals surface area contributed by atoms with Gasteiger partial charge in [0.25, 0.3) is 11.6 Å². The summed E-state index contributed by atoms with van der Waals surface area (Å²) in [6.07, 6.45) is 0.674. The van der Waals surface area contributed by atoms with Gasteiger partial charge in [0.15, 0.2) is 5.43 Å². The van der Waals surface area contributed by atoms with Crippen molar-refractivity contribution in [2.75, 3.05) is 4.90 Å². The number of non-ortho nitro benzene ring substituents is 1. The Balaban J connectivity index is 1.76. The van der Waals surface area contributed by atoms with Crippen molar-refractivity contribution in [2.45, 2.75) is 26.3 Å². The van der Waals surface area contributed by atoms with Gasteiger partial charge in [0.05, 0.1) is 21.9 Å². The molecule has 3 heterocycles. The van der Waals surface area contributed by atoms with E-state index in [1.54, 1.807) is 12.1 Å². The van der Waals surface area contributed by atoms with Crippen molar-refractivity contribution < 1.29 is 14.1 Å². The standard InChI is InChI=1S/C23H17ClN4O5S/c1-11(2)8-17-25-26-23(34-17)27-19(12-4-3-5-14(9-12)28(31)32)18-20(29)15-10-13(24)6-7-16(15)33-21(18)22(27)30/h3-7,9-11,19H,8H2,1-2H3/t19-/m0/s1. The number of amides is 1. The number of nitro groups is 1. The lowest BCUT2D eigenvalue weighted by Crippen LogP contribution is -2.29. The Labute approximate surface area is 201 Å². The average Bonchev–Trinajstić information content (AvgIpc) is 3.36. The molecule has 0 bridgehead atoms. The van der Waals surface area contributed by atoms with Gasteiger partial charge < -0.3 is 4.42 Å². The highest BCUT2D eigenvalue weighted by atomic mass is 35.5. The number of aromatic nitrogens is 2. The van der Waals surface area contributed by atoms with E-state index >= 15 is 0 Å². The summed E-state index contributed by atoms with van der Waals surface area (Å²) in [5.74, 6) is -0.359. The Morgan fingerprint density at radius 3 is 2.74 bits per heavy atom. The summed E-state index contributed by atoms with van der Waals surface area (Å²) in [6, 6.07) is 9.44. The van der Waals surface area contributed by atoms with Gasteiger partial charge >= 0.3 is 0 Å². The van der Waals surface area contributed by atoms with E-state index in [0.717, 1.165) is 5.01 Å². The van der Waals surface area contributed by atoms with Crippen LogP contribution in [0.15, 0.2) is 51.7 Å². The molecule has 1 amide bonds. The van der Waals surface area contributed by atoms with Crippen molar-refractivity contribution in [2.24, 2.45) is 5.92 Å². The first-order valence-corrected chi connectivity index (χ1v) is 11.6. The molecule has 0 fully saturated rings. The molecule has 4 aromatic rings. The van der Waals surface area contributed by atoms with Crippen molar-refractivity contribution >= 4 is 50.6 Å². The number of nitro benzene ring substituents is 1. The number of anilines is 1. The van der Waals surface area contributed by atoms with Crippen molar-refractivity contribution in [3.8, 4) is 0 Å². The summed E-state index contributed by atoms with van der Waals surface area (Å²) in [4.78, 5) is 39.4. The Bertz CT molecular complexity index is 1530. The normalized spacial score (nSPS) is 15.4. The molecule has 0 N–H and O–H groups in total. The molecule has 34 heavy (non-hydrogen) atoms. The number of carbonyl (C=O) groups excluding carboxylic acids is 1. The van der Waals surface area contributed by atoms with Gasteiger partial charge in [-0.25, -0.2) is 0 Å². The van der Waals surface area contributed by atoms with E-state index in [-0.39, 0.29) is 33.1 Å². The molecule has 0 saturated carbocycles. The molecule has 0 spiro atoms. The molecule has 9 nitrogen and oxygen atoms in total. The van der Waals surface area contributed by atoms with Crippen molar-refractivity contribution in [1.29, 1.82) is 0 Å². The van der Waals surface area contributed by atoms with Crippen LogP contribution in [0, 0.1) is 16.0 Å². The van der Waals surface area contributed by atoms with Crippen LogP contribution in [0.3, 0.4) is 0 Å². The van der Waals surface area contributed by atoms with Gasteiger partial charge in [-0.05, 0) is 29.7 Å². The molecule has 0 saturated heterocycles. The molecule has 172 valence electrons. The van der Waals surface area contributed by atoms with Gasteiger partial charge in [-0.2, -0.15) is 0 Å². The quantitative estimate of drug-likeness (QED) is 0.276. The van der Waals surface area contributed by atoms with Crippen molar-refractivity contribution in [1.82, 2.24) is 10.2 Å². The van der Waals surface area contributed by atoms with E-state index in [0.29, 0.717) is 22.9 Å². The summed E-state index contributed by atoms with van der Waals surface area (Å²) < 4.78 is 5.88. The molecule has 0 aliphatic carbocycles. The summed E-state index contributed by atoms with van der Waals surface area (Å²) in [5.41, 5.74) is 0.0951. The molecule has 0 unspecified atom stereocenters. The van der Waals surface area contributed by atoms with Gasteiger partial charge in [0, 0.05) is 23.6 Å². The zero-order valence-corrected chi connectivity index (χ0v) is 19.6. The first-order chi connectivity index (χ1) is 16.2. The number of nitrogens with zero attached hydrogens (tertiary/aromatic N) is 4. The minimum absolute atomic E-state index is 0.0841. The number of benzene rings is 2. The molecule has 1 aliphatic heterocycles. The number of hydrogen-bond donors (Lipinski definition) is 0. The third kappa shape index (κ3) is 3.64. The van der Waals surface area contributed by atoms with E-state index in [1.165, 1.54) is 46.6 Å². The first-order valence-electron chi connectivity index (χ1n) is 10.4. The molecule has 5 rings (SSSR count). The number of halogens is 1. The fraction of sp³-hybridized carbons (Fsp3) is 0.217. The molecule has 1 aliphatic rings. The summed E-state index contributed by atoms with van der Waals surface area (Å²) >= 11 is 7.34. The predicted octanol–water partition coefficient (Wildman–Crippen LogP) is 5.15. The minimum atomic E-state index is -0.970. The first kappa shape index (κ1) is 22.2. The van der Waals surface area contributed by atoms with E-state index < -0.39 is 22.3 Å². The highest BCUT2D eigenvalue weighted by Gasteiger charge is 2.45. The Morgan fingerprint density at radius 1 is 1.21 bits per heavy atom. The third-order valence-electron chi connectivity index (χ3n) is 5.47. The van der Waals surface area contributed by atoms with Gasteiger partial charge in [-0.3, -0.25) is 24.6 Å². The maximum atomic E-state index is 13.6. The van der Waals surface area contributed by atoms with Gasteiger partial charge in [-0.15, -0.1) is 10.2 Å². The maximum absolute atomic E-state index is 13.6. The number of fused-ring (bicyclic) bond motifs is 2. The Hall–Kier alpha value is -3.63. The lowest BCUT2D eigenvalue weighted by molar-refractivity contribution is -0.384. The van der Waals surface area contributed by atoms with E-state index in [1.807, 2.05) is 13.8 Å². The topological polar surface area (TPSA) is 119 Å². The van der Waals surface area contributed by atoms with Crippen LogP contribution in [0.5, 0.6) is 0 Å². The average molecular weight is 497 g/mol. The van der Waals surface area contributed by atoms with Crippen molar-refractivity contribution in [3.05, 3.63) is 89.7 Å². The van der Waals surface area contributed by atoms with Crippen LogP contribution >= 0.6 is 22.9 Å². The second-order valence-electron chi connectivity index (χ2n) is 8.32. The van der Waals surface area contributed by atoms with E-state index in [4.69, 9.17) is 16.0 Å². The largest absolute Gasteiger partial charge is 0.450 e. The highest BCUT2D eigenvalue weighted by molar-refractivity contribution is 7.15. The monoisotopic (exact) mass is 496 g/mol. The Kier molecular flexibility index (Phi) is 5.41. The number of carbonyl (C=O) groups is 1. The SMILES string of the molecule is CC(C)Cc1nnc(N2C(=O)c3oc4ccc(Cl)cc4c(=O)c3[C@@H]2c2cccc([N+](=O)[O-])c2)s1. The lowest BCUT2D eigenvalue weighted by Gasteiger charge is -2.21. The molecular weight excluding hydrogens is 480 g/mol. The third-order valence-corrected chi connectivity index (χ3v) is 6.65. The highest BCUT2D eigenvalue weighted by Crippen LogP contribution is 2.43.